The summed E-state index contributed by atoms with van der Waals surface area (Å²) < 4.78 is 41.2. The lowest BCUT2D eigenvalue weighted by atomic mass is 10.1. The molecule has 1 fully saturated rings. The van der Waals surface area contributed by atoms with Crippen LogP contribution in [0, 0.1) is 6.92 Å². The Morgan fingerprint density at radius 2 is 2.17 bits per heavy atom. The average molecular weight is 345 g/mol. The van der Waals surface area contributed by atoms with Gasteiger partial charge in [-0.2, -0.15) is 13.2 Å². The molecular weight excluding hydrogens is 327 g/mol. The van der Waals surface area contributed by atoms with Crippen molar-refractivity contribution in [2.75, 3.05) is 18.5 Å². The van der Waals surface area contributed by atoms with E-state index in [-0.39, 0.29) is 17.7 Å². The van der Waals surface area contributed by atoms with E-state index in [9.17, 15) is 22.8 Å². The van der Waals surface area contributed by atoms with E-state index in [4.69, 9.17) is 4.74 Å². The Bertz CT molecular complexity index is 610. The maximum atomic E-state index is 12.2. The van der Waals surface area contributed by atoms with Gasteiger partial charge >= 0.3 is 12.2 Å². The summed E-state index contributed by atoms with van der Waals surface area (Å²) in [6, 6.07) is 3.75. The van der Waals surface area contributed by atoms with Gasteiger partial charge in [0.25, 0.3) is 0 Å². The van der Waals surface area contributed by atoms with Crippen LogP contribution in [0.2, 0.25) is 0 Å². The first-order valence-corrected chi connectivity index (χ1v) is 7.37. The molecule has 2 rings (SSSR count). The molecule has 3 N–H and O–H groups in total. The van der Waals surface area contributed by atoms with Crippen LogP contribution in [0.4, 0.5) is 23.7 Å². The molecule has 1 saturated heterocycles. The number of amides is 3. The molecule has 1 aliphatic rings. The lowest BCUT2D eigenvalue weighted by Gasteiger charge is -2.23. The molecule has 1 aliphatic heterocycles. The van der Waals surface area contributed by atoms with E-state index >= 15 is 0 Å². The molecule has 6 nitrogen and oxygen atoms in total. The van der Waals surface area contributed by atoms with Crippen LogP contribution in [-0.4, -0.2) is 37.3 Å². The van der Waals surface area contributed by atoms with Crippen molar-refractivity contribution in [2.45, 2.75) is 32.0 Å². The van der Waals surface area contributed by atoms with Gasteiger partial charge in [-0.1, -0.05) is 0 Å². The topological polar surface area (TPSA) is 79.5 Å². The van der Waals surface area contributed by atoms with E-state index in [1.807, 2.05) is 0 Å². The molecule has 24 heavy (non-hydrogen) atoms. The van der Waals surface area contributed by atoms with Crippen molar-refractivity contribution in [1.82, 2.24) is 10.6 Å². The number of alkyl halides is 3. The molecule has 132 valence electrons. The molecule has 0 aliphatic carbocycles. The summed E-state index contributed by atoms with van der Waals surface area (Å²) in [7, 11) is 0. The zero-order valence-electron chi connectivity index (χ0n) is 13.0. The number of hydrogen-bond acceptors (Lipinski definition) is 3. The highest BCUT2D eigenvalue weighted by Crippen LogP contribution is 2.24. The monoisotopic (exact) mass is 345 g/mol. The number of ether oxygens (including phenoxy) is 1. The molecule has 0 radical (unpaired) electrons. The number of carbonyl (C=O) groups excluding carboxylic acids is 2. The van der Waals surface area contributed by atoms with E-state index in [0.717, 1.165) is 0 Å². The molecule has 0 aromatic heterocycles. The first-order chi connectivity index (χ1) is 11.2. The number of aryl methyl sites for hydroxylation is 1. The van der Waals surface area contributed by atoms with Crippen LogP contribution in [0.25, 0.3) is 0 Å². The number of benzene rings is 1. The minimum Gasteiger partial charge on any atom is -0.484 e. The number of halogens is 3. The summed E-state index contributed by atoms with van der Waals surface area (Å²) in [4.78, 5) is 22.9. The van der Waals surface area contributed by atoms with Gasteiger partial charge in [-0.25, -0.2) is 4.79 Å². The molecule has 9 heteroatoms. The molecule has 0 saturated carbocycles. The van der Waals surface area contributed by atoms with Crippen molar-refractivity contribution in [3.63, 3.8) is 0 Å². The Hall–Kier alpha value is -2.45. The van der Waals surface area contributed by atoms with E-state index in [2.05, 4.69) is 16.0 Å². The maximum absolute atomic E-state index is 12.2. The second-order valence-electron chi connectivity index (χ2n) is 5.52. The second-order valence-corrected chi connectivity index (χ2v) is 5.52. The zero-order chi connectivity index (χ0) is 17.7. The molecule has 1 aromatic rings. The van der Waals surface area contributed by atoms with E-state index in [0.29, 0.717) is 30.6 Å². The highest BCUT2D eigenvalue weighted by molar-refractivity contribution is 5.90. The van der Waals surface area contributed by atoms with Crippen LogP contribution in [0.15, 0.2) is 18.2 Å². The van der Waals surface area contributed by atoms with Gasteiger partial charge in [0.05, 0.1) is 0 Å². The van der Waals surface area contributed by atoms with E-state index in [1.54, 1.807) is 6.92 Å². The Morgan fingerprint density at radius 3 is 2.75 bits per heavy atom. The molecule has 0 unspecified atom stereocenters. The lowest BCUT2D eigenvalue weighted by Crippen LogP contribution is -2.48. The summed E-state index contributed by atoms with van der Waals surface area (Å²) in [5, 5.41) is 7.98. The summed E-state index contributed by atoms with van der Waals surface area (Å²) in [6.45, 7) is 0.593. The highest BCUT2D eigenvalue weighted by Gasteiger charge is 2.28. The predicted molar refractivity (Wildman–Crippen MR) is 80.9 cm³/mol. The van der Waals surface area contributed by atoms with Gasteiger partial charge in [0.1, 0.15) is 5.75 Å². The van der Waals surface area contributed by atoms with Crippen LogP contribution in [0.3, 0.4) is 0 Å². The Balaban J connectivity index is 1.87. The van der Waals surface area contributed by atoms with Gasteiger partial charge in [-0.3, -0.25) is 4.79 Å². The molecule has 0 spiro atoms. The molecular formula is C15H18F3N3O3. The lowest BCUT2D eigenvalue weighted by molar-refractivity contribution is -0.153. The summed E-state index contributed by atoms with van der Waals surface area (Å²) in [5.74, 6) is 0.0619. The van der Waals surface area contributed by atoms with Gasteiger partial charge < -0.3 is 20.7 Å². The molecule has 1 atom stereocenters. The fourth-order valence-electron chi connectivity index (χ4n) is 2.26. The predicted octanol–water partition coefficient (Wildman–Crippen LogP) is 2.34. The Kier molecular flexibility index (Phi) is 5.53. The van der Waals surface area contributed by atoms with Crippen LogP contribution in [0.5, 0.6) is 5.75 Å². The zero-order valence-corrected chi connectivity index (χ0v) is 13.0. The van der Waals surface area contributed by atoms with Gasteiger partial charge in [0.2, 0.25) is 5.91 Å². The van der Waals surface area contributed by atoms with Gasteiger partial charge in [0, 0.05) is 24.7 Å². The number of hydrogen-bond donors (Lipinski definition) is 3. The highest BCUT2D eigenvalue weighted by atomic mass is 19.4. The normalized spacial score (nSPS) is 17.8. The van der Waals surface area contributed by atoms with Gasteiger partial charge in [-0.05, 0) is 37.1 Å². The van der Waals surface area contributed by atoms with Crippen molar-refractivity contribution < 1.29 is 27.5 Å². The molecule has 1 aromatic carbocycles. The number of carbonyl (C=O) groups is 2. The van der Waals surface area contributed by atoms with Gasteiger partial charge in [-0.15, -0.1) is 0 Å². The van der Waals surface area contributed by atoms with E-state index < -0.39 is 18.8 Å². The number of anilines is 1. The standard InChI is InChI=1S/C15H18F3N3O3/c1-9-6-10(2-4-12(9)24-8-15(16,17)18)20-14(23)21-11-3-5-13(22)19-7-11/h2,4,6,11H,3,5,7-8H2,1H3,(H,19,22)(H2,20,21,23)/t11-/m0/s1. The van der Waals surface area contributed by atoms with Crippen molar-refractivity contribution >= 4 is 17.6 Å². The minimum absolute atomic E-state index is 0.0430. The van der Waals surface area contributed by atoms with Crippen LogP contribution < -0.4 is 20.7 Å². The Labute approximate surface area is 136 Å². The summed E-state index contributed by atoms with van der Waals surface area (Å²) >= 11 is 0. The third-order valence-electron chi connectivity index (χ3n) is 3.42. The minimum atomic E-state index is -4.40. The first kappa shape index (κ1) is 17.9. The molecule has 3 amide bonds. The maximum Gasteiger partial charge on any atom is 0.422 e. The molecule has 0 bridgehead atoms. The quantitative estimate of drug-likeness (QED) is 0.784. The SMILES string of the molecule is Cc1cc(NC(=O)N[C@H]2CCC(=O)NC2)ccc1OCC(F)(F)F. The third-order valence-corrected chi connectivity index (χ3v) is 3.42. The number of piperidine rings is 1. The fraction of sp³-hybridized carbons (Fsp3) is 0.467. The Morgan fingerprint density at radius 1 is 1.42 bits per heavy atom. The number of nitrogens with one attached hydrogen (secondary N) is 3. The van der Waals surface area contributed by atoms with Crippen molar-refractivity contribution in [2.24, 2.45) is 0 Å². The van der Waals surface area contributed by atoms with Gasteiger partial charge in [0.15, 0.2) is 6.61 Å². The van der Waals surface area contributed by atoms with Crippen LogP contribution in [0.1, 0.15) is 18.4 Å². The second kappa shape index (κ2) is 7.41. The molecule has 1 heterocycles. The number of urea groups is 1. The largest absolute Gasteiger partial charge is 0.484 e. The van der Waals surface area contributed by atoms with Crippen molar-refractivity contribution in [1.29, 1.82) is 0 Å². The van der Waals surface area contributed by atoms with Crippen LogP contribution in [-0.2, 0) is 4.79 Å². The number of rotatable bonds is 4. The fourth-order valence-corrected chi connectivity index (χ4v) is 2.26. The van der Waals surface area contributed by atoms with Crippen molar-refractivity contribution in [3.05, 3.63) is 23.8 Å². The summed E-state index contributed by atoms with van der Waals surface area (Å²) in [5.41, 5.74) is 0.909. The van der Waals surface area contributed by atoms with Crippen LogP contribution >= 0.6 is 0 Å². The van der Waals surface area contributed by atoms with E-state index in [1.165, 1.54) is 18.2 Å². The smallest absolute Gasteiger partial charge is 0.422 e. The van der Waals surface area contributed by atoms with Crippen molar-refractivity contribution in [3.8, 4) is 5.75 Å². The summed E-state index contributed by atoms with van der Waals surface area (Å²) in [6.07, 6.45) is -3.49. The third kappa shape index (κ3) is 5.64. The average Bonchev–Trinajstić information content (AvgIpc) is 2.48. The first-order valence-electron chi connectivity index (χ1n) is 7.37.